The minimum Gasteiger partial charge on any atom is -0.480 e. The van der Waals surface area contributed by atoms with Gasteiger partial charge in [-0.05, 0) is 12.5 Å². The standard InChI is InChI=1S/C11H15NO4S/c1-9-3-5-10(6-4-9)7-12(8-11(13)14)17(2,15)16/h3-6H,7-8H2,1-2H3,(H,13,14). The summed E-state index contributed by atoms with van der Waals surface area (Å²) in [4.78, 5) is 10.6. The van der Waals surface area contributed by atoms with Gasteiger partial charge in [-0.3, -0.25) is 4.79 Å². The molecule has 0 amide bonds. The molecule has 0 bridgehead atoms. The summed E-state index contributed by atoms with van der Waals surface area (Å²) in [5.74, 6) is -1.16. The number of aliphatic carboxylic acids is 1. The van der Waals surface area contributed by atoms with Crippen molar-refractivity contribution >= 4 is 16.0 Å². The molecule has 94 valence electrons. The van der Waals surface area contributed by atoms with Crippen LogP contribution in [0.3, 0.4) is 0 Å². The van der Waals surface area contributed by atoms with Crippen LogP contribution in [0.25, 0.3) is 0 Å². The highest BCUT2D eigenvalue weighted by Gasteiger charge is 2.19. The van der Waals surface area contributed by atoms with E-state index in [4.69, 9.17) is 5.11 Å². The summed E-state index contributed by atoms with van der Waals surface area (Å²) in [6, 6.07) is 7.29. The fourth-order valence-corrected chi connectivity index (χ4v) is 2.07. The first-order valence-corrected chi connectivity index (χ1v) is 6.86. The third-order valence-electron chi connectivity index (χ3n) is 2.26. The molecular formula is C11H15NO4S. The van der Waals surface area contributed by atoms with E-state index in [1.807, 2.05) is 19.1 Å². The Bertz CT molecular complexity index is 493. The number of sulfonamides is 1. The van der Waals surface area contributed by atoms with Gasteiger partial charge in [0.15, 0.2) is 0 Å². The van der Waals surface area contributed by atoms with Gasteiger partial charge in [-0.1, -0.05) is 29.8 Å². The molecule has 0 aliphatic heterocycles. The number of hydrogen-bond acceptors (Lipinski definition) is 3. The van der Waals surface area contributed by atoms with Crippen molar-refractivity contribution < 1.29 is 18.3 Å². The summed E-state index contributed by atoms with van der Waals surface area (Å²) in [5, 5.41) is 8.66. The Labute approximate surface area is 101 Å². The van der Waals surface area contributed by atoms with Gasteiger partial charge in [-0.2, -0.15) is 4.31 Å². The lowest BCUT2D eigenvalue weighted by Gasteiger charge is -2.17. The van der Waals surface area contributed by atoms with Crippen LogP contribution in [-0.2, 0) is 21.4 Å². The Morgan fingerprint density at radius 2 is 1.82 bits per heavy atom. The number of aryl methyl sites for hydroxylation is 1. The van der Waals surface area contributed by atoms with E-state index in [2.05, 4.69) is 0 Å². The Morgan fingerprint density at radius 3 is 2.24 bits per heavy atom. The van der Waals surface area contributed by atoms with E-state index in [0.717, 1.165) is 21.7 Å². The topological polar surface area (TPSA) is 74.7 Å². The average Bonchev–Trinajstić information content (AvgIpc) is 2.18. The molecule has 6 heteroatoms. The fourth-order valence-electron chi connectivity index (χ4n) is 1.34. The van der Waals surface area contributed by atoms with Gasteiger partial charge in [-0.15, -0.1) is 0 Å². The van der Waals surface area contributed by atoms with Gasteiger partial charge in [0, 0.05) is 6.54 Å². The zero-order valence-corrected chi connectivity index (χ0v) is 10.6. The number of rotatable bonds is 5. The maximum atomic E-state index is 11.4. The van der Waals surface area contributed by atoms with Crippen LogP contribution in [0.5, 0.6) is 0 Å². The van der Waals surface area contributed by atoms with E-state index in [9.17, 15) is 13.2 Å². The van der Waals surface area contributed by atoms with Crippen molar-refractivity contribution in [1.29, 1.82) is 0 Å². The second-order valence-corrected chi connectivity index (χ2v) is 5.89. The van der Waals surface area contributed by atoms with Gasteiger partial charge >= 0.3 is 5.97 Å². The lowest BCUT2D eigenvalue weighted by atomic mass is 10.1. The molecule has 0 heterocycles. The molecule has 5 nitrogen and oxygen atoms in total. The molecule has 0 fully saturated rings. The van der Waals surface area contributed by atoms with Crippen molar-refractivity contribution in [2.45, 2.75) is 13.5 Å². The van der Waals surface area contributed by atoms with Gasteiger partial charge in [0.25, 0.3) is 0 Å². The molecule has 0 saturated carbocycles. The first-order chi connectivity index (χ1) is 7.79. The van der Waals surface area contributed by atoms with Crippen molar-refractivity contribution in [2.24, 2.45) is 0 Å². The van der Waals surface area contributed by atoms with Crippen molar-refractivity contribution in [3.8, 4) is 0 Å². The second-order valence-electron chi connectivity index (χ2n) is 3.91. The zero-order valence-electron chi connectivity index (χ0n) is 9.75. The molecule has 0 aromatic heterocycles. The molecule has 0 spiro atoms. The molecule has 1 aromatic carbocycles. The van der Waals surface area contributed by atoms with E-state index in [-0.39, 0.29) is 6.54 Å². The molecule has 0 radical (unpaired) electrons. The second kappa shape index (κ2) is 5.29. The summed E-state index contributed by atoms with van der Waals surface area (Å²) in [7, 11) is -3.52. The smallest absolute Gasteiger partial charge is 0.318 e. The van der Waals surface area contributed by atoms with Crippen LogP contribution in [0.4, 0.5) is 0 Å². The molecule has 0 aliphatic carbocycles. The SMILES string of the molecule is Cc1ccc(CN(CC(=O)O)S(C)(=O)=O)cc1. The van der Waals surface area contributed by atoms with Crippen LogP contribution in [-0.4, -0.2) is 36.6 Å². The third kappa shape index (κ3) is 4.54. The van der Waals surface area contributed by atoms with Gasteiger partial charge in [0.2, 0.25) is 10.0 Å². The average molecular weight is 257 g/mol. The number of carbonyl (C=O) groups is 1. The van der Waals surface area contributed by atoms with Crippen LogP contribution in [0.15, 0.2) is 24.3 Å². The Morgan fingerprint density at radius 1 is 1.29 bits per heavy atom. The third-order valence-corrected chi connectivity index (χ3v) is 3.46. The first kappa shape index (κ1) is 13.7. The maximum absolute atomic E-state index is 11.4. The zero-order chi connectivity index (χ0) is 13.1. The highest BCUT2D eigenvalue weighted by atomic mass is 32.2. The maximum Gasteiger partial charge on any atom is 0.318 e. The molecule has 0 aliphatic rings. The Hall–Kier alpha value is -1.40. The van der Waals surface area contributed by atoms with Crippen molar-refractivity contribution in [2.75, 3.05) is 12.8 Å². The molecule has 0 atom stereocenters. The predicted molar refractivity (Wildman–Crippen MR) is 64.1 cm³/mol. The number of carboxylic acid groups (broad SMARTS) is 1. The number of benzene rings is 1. The number of nitrogens with zero attached hydrogens (tertiary/aromatic N) is 1. The van der Waals surface area contributed by atoms with E-state index < -0.39 is 22.5 Å². The number of hydrogen-bond donors (Lipinski definition) is 1. The van der Waals surface area contributed by atoms with E-state index in [1.165, 1.54) is 0 Å². The Balaban J connectivity index is 2.87. The van der Waals surface area contributed by atoms with E-state index >= 15 is 0 Å². The summed E-state index contributed by atoms with van der Waals surface area (Å²) >= 11 is 0. The number of carboxylic acids is 1. The lowest BCUT2D eigenvalue weighted by Crippen LogP contribution is -2.34. The van der Waals surface area contributed by atoms with Crippen molar-refractivity contribution in [3.63, 3.8) is 0 Å². The summed E-state index contributed by atoms with van der Waals surface area (Å²) in [6.45, 7) is 1.48. The highest BCUT2D eigenvalue weighted by molar-refractivity contribution is 7.88. The largest absolute Gasteiger partial charge is 0.480 e. The molecule has 1 aromatic rings. The molecule has 1 rings (SSSR count). The minimum atomic E-state index is -3.52. The minimum absolute atomic E-state index is 0.0748. The van der Waals surface area contributed by atoms with E-state index in [0.29, 0.717) is 0 Å². The van der Waals surface area contributed by atoms with Crippen LogP contribution in [0.1, 0.15) is 11.1 Å². The van der Waals surface area contributed by atoms with Crippen LogP contribution < -0.4 is 0 Å². The molecule has 0 saturated heterocycles. The predicted octanol–water partition coefficient (Wildman–Crippen LogP) is 0.841. The van der Waals surface area contributed by atoms with Gasteiger partial charge in [0.05, 0.1) is 6.26 Å². The Kier molecular flexibility index (Phi) is 4.25. The van der Waals surface area contributed by atoms with Gasteiger partial charge < -0.3 is 5.11 Å². The summed E-state index contributed by atoms with van der Waals surface area (Å²) in [6.07, 6.45) is 1.00. The fraction of sp³-hybridized carbons (Fsp3) is 0.364. The molecule has 0 unspecified atom stereocenters. The first-order valence-electron chi connectivity index (χ1n) is 5.01. The van der Waals surface area contributed by atoms with Crippen molar-refractivity contribution in [1.82, 2.24) is 4.31 Å². The van der Waals surface area contributed by atoms with Gasteiger partial charge in [0.1, 0.15) is 6.54 Å². The van der Waals surface area contributed by atoms with E-state index in [1.54, 1.807) is 12.1 Å². The van der Waals surface area contributed by atoms with Crippen LogP contribution >= 0.6 is 0 Å². The summed E-state index contributed by atoms with van der Waals surface area (Å²) in [5.41, 5.74) is 1.83. The monoisotopic (exact) mass is 257 g/mol. The lowest BCUT2D eigenvalue weighted by molar-refractivity contribution is -0.137. The van der Waals surface area contributed by atoms with Crippen LogP contribution in [0, 0.1) is 6.92 Å². The summed E-state index contributed by atoms with van der Waals surface area (Å²) < 4.78 is 23.7. The molecular weight excluding hydrogens is 242 g/mol. The highest BCUT2D eigenvalue weighted by Crippen LogP contribution is 2.09. The normalized spacial score (nSPS) is 11.7. The molecule has 1 N–H and O–H groups in total. The van der Waals surface area contributed by atoms with Crippen LogP contribution in [0.2, 0.25) is 0 Å². The molecule has 17 heavy (non-hydrogen) atoms. The van der Waals surface area contributed by atoms with Crippen molar-refractivity contribution in [3.05, 3.63) is 35.4 Å². The quantitative estimate of drug-likeness (QED) is 0.848. The van der Waals surface area contributed by atoms with Gasteiger partial charge in [-0.25, -0.2) is 8.42 Å².